The molecule has 1 aromatic carbocycles. The van der Waals surface area contributed by atoms with E-state index in [0.29, 0.717) is 13.2 Å². The predicted molar refractivity (Wildman–Crippen MR) is 93.6 cm³/mol. The van der Waals surface area contributed by atoms with Crippen LogP contribution in [0, 0.1) is 5.92 Å². The molecule has 24 heavy (non-hydrogen) atoms. The van der Waals surface area contributed by atoms with E-state index in [-0.39, 0.29) is 17.9 Å². The van der Waals surface area contributed by atoms with Crippen molar-refractivity contribution in [2.45, 2.75) is 25.4 Å². The van der Waals surface area contributed by atoms with Crippen LogP contribution in [0.3, 0.4) is 0 Å². The van der Waals surface area contributed by atoms with Gasteiger partial charge in [-0.3, -0.25) is 4.79 Å². The maximum Gasteiger partial charge on any atom is 0.225 e. The van der Waals surface area contributed by atoms with E-state index < -0.39 is 0 Å². The number of methoxy groups -OCH3 is 1. The Hall–Kier alpha value is -1.92. The first kappa shape index (κ1) is 16.9. The number of hydrogen-bond donors (Lipinski definition) is 1. The number of para-hydroxylation sites is 2. The summed E-state index contributed by atoms with van der Waals surface area (Å²) in [4.78, 5) is 19.5. The Morgan fingerprint density at radius 2 is 2.17 bits per heavy atom. The van der Waals surface area contributed by atoms with Crippen LogP contribution in [0.4, 0.5) is 0 Å². The summed E-state index contributed by atoms with van der Waals surface area (Å²) in [6.07, 6.45) is 1.95. The number of aromatic nitrogens is 2. The van der Waals surface area contributed by atoms with Gasteiger partial charge in [-0.1, -0.05) is 12.1 Å². The molecule has 1 aliphatic rings. The number of fused-ring (bicyclic) bond motifs is 1. The van der Waals surface area contributed by atoms with Crippen LogP contribution in [0.25, 0.3) is 11.0 Å². The number of likely N-dealkylation sites (N-methyl/N-ethyl adjacent to an activating group) is 1. The molecule has 2 atom stereocenters. The first-order valence-electron chi connectivity index (χ1n) is 8.49. The summed E-state index contributed by atoms with van der Waals surface area (Å²) in [6, 6.07) is 8.15. The molecule has 2 aromatic rings. The van der Waals surface area contributed by atoms with E-state index >= 15 is 0 Å². The highest BCUT2D eigenvalue weighted by Gasteiger charge is 2.34. The van der Waals surface area contributed by atoms with Crippen molar-refractivity contribution >= 4 is 16.9 Å². The van der Waals surface area contributed by atoms with Gasteiger partial charge in [0, 0.05) is 20.2 Å². The van der Waals surface area contributed by atoms with Gasteiger partial charge in [0.05, 0.1) is 30.1 Å². The number of rotatable bonds is 5. The Morgan fingerprint density at radius 3 is 2.92 bits per heavy atom. The molecule has 6 nitrogen and oxygen atoms in total. The van der Waals surface area contributed by atoms with Crippen LogP contribution in [0.2, 0.25) is 0 Å². The van der Waals surface area contributed by atoms with Crippen molar-refractivity contribution < 1.29 is 9.53 Å². The van der Waals surface area contributed by atoms with Gasteiger partial charge in [-0.15, -0.1) is 0 Å². The SMILES string of the molecule is COC[C@@H]1[C@H](C(=O)NCc2nc3ccccc3n2C)CCCN1C. The zero-order valence-electron chi connectivity index (χ0n) is 14.7. The smallest absolute Gasteiger partial charge is 0.225 e. The van der Waals surface area contributed by atoms with Crippen molar-refractivity contribution in [3.05, 3.63) is 30.1 Å². The zero-order chi connectivity index (χ0) is 17.1. The molecule has 0 radical (unpaired) electrons. The summed E-state index contributed by atoms with van der Waals surface area (Å²) in [5, 5.41) is 3.07. The summed E-state index contributed by atoms with van der Waals surface area (Å²) < 4.78 is 7.35. The molecule has 3 rings (SSSR count). The quantitative estimate of drug-likeness (QED) is 0.904. The lowest BCUT2D eigenvalue weighted by atomic mass is 9.89. The average Bonchev–Trinajstić information content (AvgIpc) is 2.91. The highest BCUT2D eigenvalue weighted by atomic mass is 16.5. The standard InChI is InChI=1S/C18H26N4O2/c1-21-10-6-7-13(16(21)12-24-3)18(23)19-11-17-20-14-8-4-5-9-15(14)22(17)2/h4-5,8-9,13,16H,6-7,10-12H2,1-3H3,(H,19,23)/t13-,16-/m1/s1. The van der Waals surface area contributed by atoms with E-state index in [2.05, 4.69) is 22.2 Å². The van der Waals surface area contributed by atoms with Crippen molar-refractivity contribution in [1.29, 1.82) is 0 Å². The second-order valence-electron chi connectivity index (χ2n) is 6.55. The van der Waals surface area contributed by atoms with E-state index in [0.717, 1.165) is 36.2 Å². The lowest BCUT2D eigenvalue weighted by Gasteiger charge is -2.37. The summed E-state index contributed by atoms with van der Waals surface area (Å²) in [5.41, 5.74) is 2.04. The molecule has 0 unspecified atom stereocenters. The number of carbonyl (C=O) groups is 1. The van der Waals surface area contributed by atoms with Gasteiger partial charge in [-0.25, -0.2) is 4.98 Å². The summed E-state index contributed by atoms with van der Waals surface area (Å²) >= 11 is 0. The van der Waals surface area contributed by atoms with Crippen LogP contribution < -0.4 is 5.32 Å². The van der Waals surface area contributed by atoms with Gasteiger partial charge >= 0.3 is 0 Å². The van der Waals surface area contributed by atoms with Crippen LogP contribution in [0.5, 0.6) is 0 Å². The normalized spacial score (nSPS) is 22.0. The number of nitrogens with zero attached hydrogens (tertiary/aromatic N) is 3. The number of imidazole rings is 1. The van der Waals surface area contributed by atoms with Gasteiger partial charge in [0.2, 0.25) is 5.91 Å². The maximum atomic E-state index is 12.7. The largest absolute Gasteiger partial charge is 0.383 e. The maximum absolute atomic E-state index is 12.7. The number of ether oxygens (including phenoxy) is 1. The number of benzene rings is 1. The average molecular weight is 330 g/mol. The van der Waals surface area contributed by atoms with Crippen molar-refractivity contribution in [3.8, 4) is 0 Å². The Bertz CT molecular complexity index is 712. The fraction of sp³-hybridized carbons (Fsp3) is 0.556. The number of aryl methyl sites for hydroxylation is 1. The highest BCUT2D eigenvalue weighted by molar-refractivity contribution is 5.80. The minimum Gasteiger partial charge on any atom is -0.383 e. The van der Waals surface area contributed by atoms with E-state index in [1.807, 2.05) is 35.9 Å². The number of carbonyl (C=O) groups excluding carboxylic acids is 1. The molecule has 0 bridgehead atoms. The van der Waals surface area contributed by atoms with Crippen molar-refractivity contribution in [3.63, 3.8) is 0 Å². The van der Waals surface area contributed by atoms with Crippen LogP contribution in [0.1, 0.15) is 18.7 Å². The molecule has 1 saturated heterocycles. The van der Waals surface area contributed by atoms with Crippen molar-refractivity contribution in [2.24, 2.45) is 13.0 Å². The van der Waals surface area contributed by atoms with Gasteiger partial charge in [0.15, 0.2) is 0 Å². The fourth-order valence-corrected chi connectivity index (χ4v) is 3.60. The molecule has 0 saturated carbocycles. The van der Waals surface area contributed by atoms with Crippen molar-refractivity contribution in [1.82, 2.24) is 19.8 Å². The molecule has 1 aliphatic heterocycles. The third-order valence-electron chi connectivity index (χ3n) is 5.03. The first-order valence-corrected chi connectivity index (χ1v) is 8.49. The molecule has 1 aromatic heterocycles. The summed E-state index contributed by atoms with van der Waals surface area (Å²) in [7, 11) is 5.74. The van der Waals surface area contributed by atoms with Crippen molar-refractivity contribution in [2.75, 3.05) is 27.3 Å². The second kappa shape index (κ2) is 7.32. The molecule has 1 fully saturated rings. The number of nitrogens with one attached hydrogen (secondary N) is 1. The number of amides is 1. The Labute approximate surface area is 142 Å². The lowest BCUT2D eigenvalue weighted by Crippen LogP contribution is -2.51. The molecule has 1 N–H and O–H groups in total. The number of hydrogen-bond acceptors (Lipinski definition) is 4. The predicted octanol–water partition coefficient (Wildman–Crippen LogP) is 1.55. The number of piperidine rings is 1. The van der Waals surface area contributed by atoms with E-state index in [1.165, 1.54) is 0 Å². The third kappa shape index (κ3) is 3.30. The van der Waals surface area contributed by atoms with Gasteiger partial charge in [-0.05, 0) is 38.6 Å². The molecule has 6 heteroatoms. The van der Waals surface area contributed by atoms with E-state index in [4.69, 9.17) is 4.74 Å². The molecular formula is C18H26N4O2. The minimum atomic E-state index is -0.0293. The second-order valence-corrected chi connectivity index (χ2v) is 6.55. The third-order valence-corrected chi connectivity index (χ3v) is 5.03. The molecular weight excluding hydrogens is 304 g/mol. The van der Waals surface area contributed by atoms with Gasteiger partial charge in [0.25, 0.3) is 0 Å². The Kier molecular flexibility index (Phi) is 5.16. The van der Waals surface area contributed by atoms with Gasteiger partial charge in [0.1, 0.15) is 5.82 Å². The van der Waals surface area contributed by atoms with Crippen LogP contribution in [-0.2, 0) is 23.1 Å². The first-order chi connectivity index (χ1) is 11.6. The Morgan fingerprint density at radius 1 is 1.38 bits per heavy atom. The minimum absolute atomic E-state index is 0.0293. The zero-order valence-corrected chi connectivity index (χ0v) is 14.7. The molecule has 0 aliphatic carbocycles. The molecule has 1 amide bonds. The molecule has 2 heterocycles. The Balaban J connectivity index is 1.68. The summed E-state index contributed by atoms with van der Waals surface area (Å²) in [6.45, 7) is 2.05. The lowest BCUT2D eigenvalue weighted by molar-refractivity contribution is -0.130. The monoisotopic (exact) mass is 330 g/mol. The van der Waals surface area contributed by atoms with Gasteiger partial charge < -0.3 is 19.5 Å². The fourth-order valence-electron chi connectivity index (χ4n) is 3.60. The summed E-state index contributed by atoms with van der Waals surface area (Å²) in [5.74, 6) is 0.936. The number of likely N-dealkylation sites (tertiary alicyclic amines) is 1. The highest BCUT2D eigenvalue weighted by Crippen LogP contribution is 2.23. The van der Waals surface area contributed by atoms with E-state index in [1.54, 1.807) is 7.11 Å². The van der Waals surface area contributed by atoms with Crippen LogP contribution in [-0.4, -0.2) is 53.7 Å². The molecule has 0 spiro atoms. The van der Waals surface area contributed by atoms with Gasteiger partial charge in [-0.2, -0.15) is 0 Å². The van der Waals surface area contributed by atoms with Crippen LogP contribution >= 0.6 is 0 Å². The topological polar surface area (TPSA) is 59.4 Å². The van der Waals surface area contributed by atoms with E-state index in [9.17, 15) is 4.79 Å². The molecule has 130 valence electrons. The van der Waals surface area contributed by atoms with Crippen LogP contribution in [0.15, 0.2) is 24.3 Å².